The zero-order valence-electron chi connectivity index (χ0n) is 14.8. The molecule has 0 aliphatic rings. The number of nitrogens with zero attached hydrogens (tertiary/aromatic N) is 1. The molecular formula is C21H24BN. The van der Waals surface area contributed by atoms with Crippen molar-refractivity contribution < 1.29 is 0 Å². The Bertz CT molecular complexity index is 845. The highest BCUT2D eigenvalue weighted by Crippen LogP contribution is 2.28. The molecule has 0 saturated carbocycles. The van der Waals surface area contributed by atoms with Crippen molar-refractivity contribution in [1.29, 1.82) is 0 Å². The minimum Gasteiger partial charge on any atom is -0.263 e. The third kappa shape index (κ3) is 3.47. The number of aryl methyl sites for hydroxylation is 2. The van der Waals surface area contributed by atoms with Crippen LogP contribution < -0.4 is 5.59 Å². The van der Waals surface area contributed by atoms with Gasteiger partial charge in [-0.1, -0.05) is 49.2 Å². The minimum atomic E-state index is 0.675. The molecule has 23 heavy (non-hydrogen) atoms. The van der Waals surface area contributed by atoms with Crippen LogP contribution in [-0.2, 0) is 6.42 Å². The van der Waals surface area contributed by atoms with Crippen LogP contribution in [0.5, 0.6) is 0 Å². The van der Waals surface area contributed by atoms with Crippen molar-refractivity contribution in [1.82, 2.24) is 4.98 Å². The standard InChI is InChI=1S/C21H24BN/c1-13(2)7-16-5-6-19-17(11-16)12-20(22)23-21(19)18-9-14(3)8-15(4)10-18/h5-6,8-13H,7,22H2,1-4H3. The Morgan fingerprint density at radius 2 is 1.65 bits per heavy atom. The first-order valence-corrected chi connectivity index (χ1v) is 8.41. The van der Waals surface area contributed by atoms with Gasteiger partial charge >= 0.3 is 0 Å². The second-order valence-electron chi connectivity index (χ2n) is 7.14. The zero-order valence-corrected chi connectivity index (χ0v) is 14.8. The summed E-state index contributed by atoms with van der Waals surface area (Å²) in [6.07, 6.45) is 1.12. The van der Waals surface area contributed by atoms with Crippen molar-refractivity contribution >= 4 is 24.2 Å². The maximum atomic E-state index is 4.84. The Balaban J connectivity index is 2.20. The first kappa shape index (κ1) is 15.8. The third-order valence-electron chi connectivity index (χ3n) is 4.16. The lowest BCUT2D eigenvalue weighted by Gasteiger charge is -2.12. The van der Waals surface area contributed by atoms with Gasteiger partial charge in [0.25, 0.3) is 0 Å². The summed E-state index contributed by atoms with van der Waals surface area (Å²) in [5, 5.41) is 2.54. The van der Waals surface area contributed by atoms with E-state index in [-0.39, 0.29) is 0 Å². The summed E-state index contributed by atoms with van der Waals surface area (Å²) in [5.74, 6) is 0.675. The Hall–Kier alpha value is -2.09. The van der Waals surface area contributed by atoms with E-state index < -0.39 is 0 Å². The molecule has 3 rings (SSSR count). The lowest BCUT2D eigenvalue weighted by molar-refractivity contribution is 0.648. The van der Waals surface area contributed by atoms with Gasteiger partial charge in [0.1, 0.15) is 0 Å². The first-order chi connectivity index (χ1) is 10.9. The highest BCUT2D eigenvalue weighted by molar-refractivity contribution is 6.32. The van der Waals surface area contributed by atoms with E-state index in [4.69, 9.17) is 4.98 Å². The summed E-state index contributed by atoms with van der Waals surface area (Å²) in [6.45, 7) is 8.83. The van der Waals surface area contributed by atoms with Crippen molar-refractivity contribution in [2.24, 2.45) is 5.92 Å². The van der Waals surface area contributed by atoms with Gasteiger partial charge in [-0.2, -0.15) is 0 Å². The summed E-state index contributed by atoms with van der Waals surface area (Å²) in [7, 11) is 2.08. The largest absolute Gasteiger partial charge is 0.263 e. The fourth-order valence-corrected chi connectivity index (χ4v) is 3.37. The summed E-state index contributed by atoms with van der Waals surface area (Å²) < 4.78 is 0. The van der Waals surface area contributed by atoms with Gasteiger partial charge in [-0.25, -0.2) is 0 Å². The van der Waals surface area contributed by atoms with Crippen LogP contribution in [0.4, 0.5) is 0 Å². The molecule has 0 spiro atoms. The predicted molar refractivity (Wildman–Crippen MR) is 103 cm³/mol. The summed E-state index contributed by atoms with van der Waals surface area (Å²) >= 11 is 0. The normalized spacial score (nSPS) is 11.3. The van der Waals surface area contributed by atoms with Crippen molar-refractivity contribution in [3.05, 3.63) is 59.2 Å². The monoisotopic (exact) mass is 301 g/mol. The molecule has 0 N–H and O–H groups in total. The second-order valence-corrected chi connectivity index (χ2v) is 7.14. The first-order valence-electron chi connectivity index (χ1n) is 8.41. The molecule has 0 atom stereocenters. The van der Waals surface area contributed by atoms with Gasteiger partial charge in [-0.3, -0.25) is 4.98 Å². The zero-order chi connectivity index (χ0) is 16.6. The van der Waals surface area contributed by atoms with E-state index in [2.05, 4.69) is 78.0 Å². The summed E-state index contributed by atoms with van der Waals surface area (Å²) in [5.41, 5.74) is 7.37. The quantitative estimate of drug-likeness (QED) is 0.667. The molecule has 0 amide bonds. The lowest BCUT2D eigenvalue weighted by atomic mass is 9.93. The van der Waals surface area contributed by atoms with Crippen molar-refractivity contribution in [2.45, 2.75) is 34.1 Å². The SMILES string of the molecule is Bc1cc2cc(CC(C)C)ccc2c(-c2cc(C)cc(C)c2)n1. The van der Waals surface area contributed by atoms with E-state index in [1.165, 1.54) is 33.0 Å². The van der Waals surface area contributed by atoms with Crippen LogP contribution in [0.2, 0.25) is 0 Å². The van der Waals surface area contributed by atoms with Gasteiger partial charge in [0.05, 0.1) is 5.69 Å². The highest BCUT2D eigenvalue weighted by atomic mass is 14.7. The van der Waals surface area contributed by atoms with Crippen LogP contribution in [0.15, 0.2) is 42.5 Å². The number of pyridine rings is 1. The van der Waals surface area contributed by atoms with Crippen LogP contribution in [0, 0.1) is 19.8 Å². The molecule has 1 aromatic heterocycles. The van der Waals surface area contributed by atoms with Gasteiger partial charge in [-0.15, -0.1) is 0 Å². The van der Waals surface area contributed by atoms with Crippen molar-refractivity contribution in [3.8, 4) is 11.3 Å². The molecule has 2 aromatic carbocycles. The molecule has 0 unspecified atom stereocenters. The van der Waals surface area contributed by atoms with Gasteiger partial charge in [0, 0.05) is 10.9 Å². The van der Waals surface area contributed by atoms with E-state index in [9.17, 15) is 0 Å². The topological polar surface area (TPSA) is 12.9 Å². The molecule has 0 aliphatic carbocycles. The Labute approximate surface area is 140 Å². The van der Waals surface area contributed by atoms with Crippen molar-refractivity contribution in [2.75, 3.05) is 0 Å². The second kappa shape index (κ2) is 6.19. The highest BCUT2D eigenvalue weighted by Gasteiger charge is 2.09. The number of fused-ring (bicyclic) bond motifs is 1. The van der Waals surface area contributed by atoms with Crippen LogP contribution in [0.3, 0.4) is 0 Å². The Morgan fingerprint density at radius 3 is 2.30 bits per heavy atom. The maximum absolute atomic E-state index is 4.84. The van der Waals surface area contributed by atoms with E-state index in [0.717, 1.165) is 17.7 Å². The smallest absolute Gasteiger partial charge is 0.163 e. The molecule has 116 valence electrons. The predicted octanol–water partition coefficient (Wildman–Crippen LogP) is 3.98. The van der Waals surface area contributed by atoms with Gasteiger partial charge in [0.15, 0.2) is 7.85 Å². The summed E-state index contributed by atoms with van der Waals surface area (Å²) in [6, 6.07) is 15.7. The van der Waals surface area contributed by atoms with Gasteiger partial charge in [-0.05, 0) is 60.9 Å². The van der Waals surface area contributed by atoms with E-state index in [0.29, 0.717) is 5.92 Å². The average Bonchev–Trinajstić information content (AvgIpc) is 2.44. The van der Waals surface area contributed by atoms with Gasteiger partial charge in [0.2, 0.25) is 0 Å². The fraction of sp³-hybridized carbons (Fsp3) is 0.286. The number of hydrogen-bond acceptors (Lipinski definition) is 1. The molecule has 2 heteroatoms. The molecule has 0 saturated heterocycles. The van der Waals surface area contributed by atoms with E-state index in [1.54, 1.807) is 0 Å². The molecule has 0 aliphatic heterocycles. The number of aromatic nitrogens is 1. The van der Waals surface area contributed by atoms with Gasteiger partial charge < -0.3 is 0 Å². The van der Waals surface area contributed by atoms with Crippen molar-refractivity contribution in [3.63, 3.8) is 0 Å². The molecule has 0 fully saturated rings. The third-order valence-corrected chi connectivity index (χ3v) is 4.16. The molecule has 1 heterocycles. The summed E-state index contributed by atoms with van der Waals surface area (Å²) in [4.78, 5) is 4.84. The molecule has 3 aromatic rings. The number of rotatable bonds is 3. The van der Waals surface area contributed by atoms with Crippen LogP contribution in [-0.4, -0.2) is 12.8 Å². The van der Waals surface area contributed by atoms with E-state index in [1.807, 2.05) is 0 Å². The average molecular weight is 301 g/mol. The fourth-order valence-electron chi connectivity index (χ4n) is 3.37. The molecule has 1 nitrogen and oxygen atoms in total. The molecule has 0 bridgehead atoms. The van der Waals surface area contributed by atoms with Crippen LogP contribution >= 0.6 is 0 Å². The van der Waals surface area contributed by atoms with E-state index >= 15 is 0 Å². The molecular weight excluding hydrogens is 277 g/mol. The van der Waals surface area contributed by atoms with Crippen LogP contribution in [0.25, 0.3) is 22.0 Å². The number of hydrogen-bond donors (Lipinski definition) is 0. The Kier molecular flexibility index (Phi) is 4.25. The minimum absolute atomic E-state index is 0.675. The lowest BCUT2D eigenvalue weighted by Crippen LogP contribution is -2.09. The van der Waals surface area contributed by atoms with Crippen LogP contribution in [0.1, 0.15) is 30.5 Å². The Morgan fingerprint density at radius 1 is 0.957 bits per heavy atom. The molecule has 0 radical (unpaired) electrons. The number of benzene rings is 2. The maximum Gasteiger partial charge on any atom is 0.163 e.